The predicted molar refractivity (Wildman–Crippen MR) is 108 cm³/mol. The maximum Gasteiger partial charge on any atom is 0.327 e. The molecule has 4 amide bonds. The van der Waals surface area contributed by atoms with E-state index in [9.17, 15) is 19.2 Å². The summed E-state index contributed by atoms with van der Waals surface area (Å²) in [6.07, 6.45) is -1.17. The average Bonchev–Trinajstić information content (AvgIpc) is 2.96. The van der Waals surface area contributed by atoms with E-state index in [0.717, 1.165) is 4.90 Å². The highest BCUT2D eigenvalue weighted by atomic mass is 16.5. The number of ether oxygens (including phenoxy) is 1. The van der Waals surface area contributed by atoms with Crippen molar-refractivity contribution in [2.24, 2.45) is 0 Å². The largest absolute Gasteiger partial charge is 0.446 e. The van der Waals surface area contributed by atoms with Crippen LogP contribution in [0.4, 0.5) is 4.79 Å². The van der Waals surface area contributed by atoms with Gasteiger partial charge in [0.15, 0.2) is 0 Å². The van der Waals surface area contributed by atoms with Gasteiger partial charge in [-0.05, 0) is 12.5 Å². The molecule has 1 aliphatic rings. The molecular weight excluding hydrogens is 386 g/mol. The van der Waals surface area contributed by atoms with Crippen molar-refractivity contribution in [2.45, 2.75) is 18.6 Å². The summed E-state index contributed by atoms with van der Waals surface area (Å²) in [6, 6.07) is 16.6. The van der Waals surface area contributed by atoms with Gasteiger partial charge in [0.2, 0.25) is 6.10 Å². The van der Waals surface area contributed by atoms with Crippen LogP contribution in [0.15, 0.2) is 60.7 Å². The van der Waals surface area contributed by atoms with E-state index in [1.807, 2.05) is 0 Å². The van der Waals surface area contributed by atoms with E-state index in [0.29, 0.717) is 11.1 Å². The molecule has 3 rings (SSSR count). The van der Waals surface area contributed by atoms with Gasteiger partial charge in [-0.1, -0.05) is 60.7 Å². The Bertz CT molecular complexity index is 961. The predicted octanol–water partition coefficient (Wildman–Crippen LogP) is 1.83. The summed E-state index contributed by atoms with van der Waals surface area (Å²) >= 11 is 0. The van der Waals surface area contributed by atoms with E-state index in [-0.39, 0.29) is 0 Å². The summed E-state index contributed by atoms with van der Waals surface area (Å²) in [7, 11) is 3.10. The van der Waals surface area contributed by atoms with E-state index in [1.54, 1.807) is 81.7 Å². The Kier molecular flexibility index (Phi) is 5.86. The van der Waals surface area contributed by atoms with Crippen LogP contribution in [0.3, 0.4) is 0 Å². The number of likely N-dealkylation sites (N-methyl/N-ethyl adjacent to an activating group) is 1. The van der Waals surface area contributed by atoms with Crippen LogP contribution in [0.1, 0.15) is 24.2 Å². The molecule has 0 bridgehead atoms. The van der Waals surface area contributed by atoms with Gasteiger partial charge in [-0.3, -0.25) is 19.3 Å². The van der Waals surface area contributed by atoms with E-state index in [4.69, 9.17) is 4.74 Å². The molecule has 156 valence electrons. The average molecular weight is 409 g/mol. The Morgan fingerprint density at radius 2 is 1.60 bits per heavy atom. The molecule has 0 spiro atoms. The first-order valence-corrected chi connectivity index (χ1v) is 9.39. The van der Waals surface area contributed by atoms with Crippen molar-refractivity contribution in [3.05, 3.63) is 71.8 Å². The molecule has 0 saturated carbocycles. The van der Waals surface area contributed by atoms with Crippen molar-refractivity contribution < 1.29 is 23.9 Å². The number of rotatable bonds is 6. The van der Waals surface area contributed by atoms with Crippen LogP contribution in [0.5, 0.6) is 0 Å². The molecule has 1 heterocycles. The zero-order chi connectivity index (χ0) is 21.9. The van der Waals surface area contributed by atoms with Crippen LogP contribution in [0.2, 0.25) is 0 Å². The number of carbonyl (C=O) groups is 4. The number of amides is 4. The summed E-state index contributed by atoms with van der Waals surface area (Å²) in [6.45, 7) is 0.980. The van der Waals surface area contributed by atoms with E-state index >= 15 is 0 Å². The van der Waals surface area contributed by atoms with Crippen molar-refractivity contribution in [1.82, 2.24) is 15.1 Å². The number of hydrogen-bond acceptors (Lipinski definition) is 5. The minimum Gasteiger partial charge on any atom is -0.446 e. The minimum atomic E-state index is -1.28. The van der Waals surface area contributed by atoms with Crippen LogP contribution in [0, 0.1) is 0 Å². The van der Waals surface area contributed by atoms with Crippen molar-refractivity contribution in [1.29, 1.82) is 0 Å². The topological polar surface area (TPSA) is 96.0 Å². The molecule has 8 nitrogen and oxygen atoms in total. The molecular formula is C22H23N3O5. The van der Waals surface area contributed by atoms with Crippen molar-refractivity contribution in [2.75, 3.05) is 20.6 Å². The first-order chi connectivity index (χ1) is 14.2. The SMILES string of the molecule is CN(C)C(=O)[C@@H](OC(=O)CN1C(=O)N[C@@](C)(c2ccccc2)C1=O)c1ccccc1. The van der Waals surface area contributed by atoms with Gasteiger partial charge in [0.1, 0.15) is 12.1 Å². The lowest BCUT2D eigenvalue weighted by Crippen LogP contribution is -2.42. The Balaban J connectivity index is 1.77. The van der Waals surface area contributed by atoms with Gasteiger partial charge >= 0.3 is 12.0 Å². The van der Waals surface area contributed by atoms with E-state index < -0.39 is 42.0 Å². The highest BCUT2D eigenvalue weighted by molar-refractivity contribution is 6.08. The molecule has 30 heavy (non-hydrogen) atoms. The van der Waals surface area contributed by atoms with Gasteiger partial charge in [0.05, 0.1) is 0 Å². The van der Waals surface area contributed by atoms with Gasteiger partial charge in [0.25, 0.3) is 11.8 Å². The van der Waals surface area contributed by atoms with Crippen molar-refractivity contribution in [3.8, 4) is 0 Å². The van der Waals surface area contributed by atoms with Crippen LogP contribution in [0.25, 0.3) is 0 Å². The monoisotopic (exact) mass is 409 g/mol. The lowest BCUT2D eigenvalue weighted by molar-refractivity contribution is -0.161. The van der Waals surface area contributed by atoms with Crippen molar-refractivity contribution >= 4 is 23.8 Å². The Hall–Kier alpha value is -3.68. The summed E-state index contributed by atoms with van der Waals surface area (Å²) in [4.78, 5) is 52.6. The first kappa shape index (κ1) is 21.0. The third kappa shape index (κ3) is 4.03. The molecule has 1 N–H and O–H groups in total. The summed E-state index contributed by atoms with van der Waals surface area (Å²) < 4.78 is 5.39. The second-order valence-electron chi connectivity index (χ2n) is 7.33. The number of esters is 1. The van der Waals surface area contributed by atoms with E-state index in [1.165, 1.54) is 4.90 Å². The van der Waals surface area contributed by atoms with Gasteiger partial charge in [-0.15, -0.1) is 0 Å². The number of hydrogen-bond donors (Lipinski definition) is 1. The molecule has 1 saturated heterocycles. The molecule has 2 aromatic carbocycles. The molecule has 0 unspecified atom stereocenters. The maximum absolute atomic E-state index is 12.9. The number of carbonyl (C=O) groups excluding carboxylic acids is 4. The van der Waals surface area contributed by atoms with Gasteiger partial charge in [-0.25, -0.2) is 4.79 Å². The second-order valence-corrected chi connectivity index (χ2v) is 7.33. The van der Waals surface area contributed by atoms with Crippen LogP contribution in [-0.4, -0.2) is 54.3 Å². The highest BCUT2D eigenvalue weighted by Crippen LogP contribution is 2.29. The molecule has 0 radical (unpaired) electrons. The summed E-state index contributed by atoms with van der Waals surface area (Å²) in [5.41, 5.74) is -0.184. The molecule has 0 aromatic heterocycles. The van der Waals surface area contributed by atoms with Crippen LogP contribution < -0.4 is 5.32 Å². The Morgan fingerprint density at radius 3 is 2.17 bits per heavy atom. The quantitative estimate of drug-likeness (QED) is 0.580. The number of nitrogens with one attached hydrogen (secondary N) is 1. The highest BCUT2D eigenvalue weighted by Gasteiger charge is 2.49. The second kappa shape index (κ2) is 8.36. The minimum absolute atomic E-state index is 0.430. The summed E-state index contributed by atoms with van der Waals surface area (Å²) in [5.74, 6) is -1.86. The number of benzene rings is 2. The fourth-order valence-electron chi connectivity index (χ4n) is 3.23. The third-order valence-corrected chi connectivity index (χ3v) is 4.93. The Morgan fingerprint density at radius 1 is 1.03 bits per heavy atom. The first-order valence-electron chi connectivity index (χ1n) is 9.39. The lowest BCUT2D eigenvalue weighted by Gasteiger charge is -2.23. The lowest BCUT2D eigenvalue weighted by atomic mass is 9.92. The maximum atomic E-state index is 12.9. The standard InChI is InChI=1S/C22H23N3O5/c1-22(16-12-8-5-9-13-16)20(28)25(21(29)23-22)14-17(26)30-18(19(27)24(2)3)15-10-6-4-7-11-15/h4-13,18H,14H2,1-3H3,(H,23,29)/t18-,22-/m0/s1. The molecule has 0 aliphatic carbocycles. The van der Waals surface area contributed by atoms with Gasteiger partial charge < -0.3 is 15.0 Å². The molecule has 2 atom stereocenters. The fraction of sp³-hybridized carbons (Fsp3) is 0.273. The van der Waals surface area contributed by atoms with Gasteiger partial charge in [-0.2, -0.15) is 0 Å². The normalized spacial score (nSPS) is 19.2. The zero-order valence-electron chi connectivity index (χ0n) is 17.0. The Labute approximate surface area is 174 Å². The van der Waals surface area contributed by atoms with Crippen LogP contribution in [-0.2, 0) is 24.7 Å². The van der Waals surface area contributed by atoms with Crippen molar-refractivity contribution in [3.63, 3.8) is 0 Å². The molecule has 1 aliphatic heterocycles. The number of imide groups is 1. The fourth-order valence-corrected chi connectivity index (χ4v) is 3.23. The molecule has 8 heteroatoms. The smallest absolute Gasteiger partial charge is 0.327 e. The number of nitrogens with zero attached hydrogens (tertiary/aromatic N) is 2. The third-order valence-electron chi connectivity index (χ3n) is 4.93. The number of urea groups is 1. The van der Waals surface area contributed by atoms with E-state index in [2.05, 4.69) is 5.32 Å². The van der Waals surface area contributed by atoms with Crippen LogP contribution >= 0.6 is 0 Å². The van der Waals surface area contributed by atoms with Gasteiger partial charge in [0, 0.05) is 19.7 Å². The molecule has 2 aromatic rings. The summed E-state index contributed by atoms with van der Waals surface area (Å²) in [5, 5.41) is 2.63. The molecule has 1 fully saturated rings. The zero-order valence-corrected chi connectivity index (χ0v) is 17.0.